The summed E-state index contributed by atoms with van der Waals surface area (Å²) in [7, 11) is 0. The summed E-state index contributed by atoms with van der Waals surface area (Å²) in [5, 5.41) is 40.9. The van der Waals surface area contributed by atoms with Crippen LogP contribution in [0.3, 0.4) is 0 Å². The normalized spacial score (nSPS) is 39.4. The predicted octanol–water partition coefficient (Wildman–Crippen LogP) is -2.64. The highest BCUT2D eigenvalue weighted by molar-refractivity contribution is 6.23. The number of alkyl halides is 1. The molecule has 0 aliphatic carbocycles. The minimum atomic E-state index is -3.21. The molecule has 1 heterocycles. The number of ether oxygens (including phenoxy) is 1. The summed E-state index contributed by atoms with van der Waals surface area (Å²) in [6.45, 7) is 3.37. The van der Waals surface area contributed by atoms with Gasteiger partial charge in [-0.3, -0.25) is 19.2 Å². The second kappa shape index (κ2) is 6.71. The van der Waals surface area contributed by atoms with E-state index in [4.69, 9.17) is 16.3 Å². The van der Waals surface area contributed by atoms with E-state index < -0.39 is 58.0 Å². The minimum Gasteiger partial charge on any atom is -0.382 e. The average molecular weight is 382 g/mol. The van der Waals surface area contributed by atoms with Gasteiger partial charge in [0, 0.05) is 6.92 Å². The molecule has 1 aliphatic heterocycles. The summed E-state index contributed by atoms with van der Waals surface area (Å²) in [5.41, 5.74) is -6.40. The SMILES string of the molecule is CC(=O)N[C@@H]1[C@](O)(C(C)=O)[C@@](O)(C(C)=O)[C@@H](C(O)C(C)=O)O[C@@]1(O)Cl. The molecule has 1 aliphatic rings. The van der Waals surface area contributed by atoms with Crippen molar-refractivity contribution < 1.29 is 44.3 Å². The number of aliphatic hydroxyl groups is 4. The molecule has 5 N–H and O–H groups in total. The Morgan fingerprint density at radius 3 is 1.76 bits per heavy atom. The first kappa shape index (κ1) is 21.6. The predicted molar refractivity (Wildman–Crippen MR) is 81.2 cm³/mol. The van der Waals surface area contributed by atoms with Crippen molar-refractivity contribution in [3.8, 4) is 0 Å². The lowest BCUT2D eigenvalue weighted by Gasteiger charge is -2.56. The third-order valence-corrected chi connectivity index (χ3v) is 4.49. The number of halogens is 1. The van der Waals surface area contributed by atoms with Crippen molar-refractivity contribution in [3.05, 3.63) is 0 Å². The summed E-state index contributed by atoms with van der Waals surface area (Å²) in [6.07, 6.45) is -4.51. The third kappa shape index (κ3) is 3.21. The van der Waals surface area contributed by atoms with Crippen LogP contribution in [0.15, 0.2) is 0 Å². The molecule has 0 aromatic carbocycles. The van der Waals surface area contributed by atoms with Gasteiger partial charge in [-0.2, -0.15) is 0 Å². The van der Waals surface area contributed by atoms with E-state index in [1.807, 2.05) is 5.32 Å². The third-order valence-electron chi connectivity index (χ3n) is 4.18. The van der Waals surface area contributed by atoms with Gasteiger partial charge < -0.3 is 30.5 Å². The first-order valence-electron chi connectivity index (χ1n) is 7.15. The maximum absolute atomic E-state index is 12.2. The molecule has 11 heteroatoms. The van der Waals surface area contributed by atoms with E-state index in [9.17, 15) is 39.6 Å². The number of ketones is 3. The van der Waals surface area contributed by atoms with Gasteiger partial charge in [0.1, 0.15) is 18.2 Å². The van der Waals surface area contributed by atoms with Crippen LogP contribution in [0.2, 0.25) is 0 Å². The van der Waals surface area contributed by atoms with Crippen LogP contribution in [0.25, 0.3) is 0 Å². The van der Waals surface area contributed by atoms with Gasteiger partial charge in [0.25, 0.3) is 5.25 Å². The number of aliphatic hydroxyl groups excluding tert-OH is 1. The van der Waals surface area contributed by atoms with Crippen LogP contribution in [0, 0.1) is 0 Å². The molecule has 1 unspecified atom stereocenters. The van der Waals surface area contributed by atoms with E-state index in [1.165, 1.54) is 0 Å². The van der Waals surface area contributed by atoms with Crippen molar-refractivity contribution in [1.82, 2.24) is 5.32 Å². The zero-order valence-electron chi connectivity index (χ0n) is 13.9. The van der Waals surface area contributed by atoms with Gasteiger partial charge in [-0.15, -0.1) is 0 Å². The molecule has 0 aromatic heterocycles. The molecule has 0 aromatic rings. The molecule has 142 valence electrons. The number of Topliss-reactive ketones (excluding diaryl/α,β-unsaturated/α-hetero) is 3. The Morgan fingerprint density at radius 1 is 1.00 bits per heavy atom. The smallest absolute Gasteiger partial charge is 0.271 e. The van der Waals surface area contributed by atoms with Crippen molar-refractivity contribution in [2.45, 2.75) is 62.4 Å². The monoisotopic (exact) mass is 381 g/mol. The van der Waals surface area contributed by atoms with Crippen molar-refractivity contribution in [2.75, 3.05) is 0 Å². The minimum absolute atomic E-state index is 0.762. The number of rotatable bonds is 5. The lowest BCUT2D eigenvalue weighted by molar-refractivity contribution is -0.329. The fraction of sp³-hybridized carbons (Fsp3) is 0.714. The van der Waals surface area contributed by atoms with E-state index in [2.05, 4.69) is 0 Å². The highest BCUT2D eigenvalue weighted by atomic mass is 35.5. The molecule has 1 saturated heterocycles. The van der Waals surface area contributed by atoms with Crippen molar-refractivity contribution in [2.24, 2.45) is 0 Å². The maximum Gasteiger partial charge on any atom is 0.271 e. The second-order valence-corrected chi connectivity index (χ2v) is 6.52. The number of hydrogen-bond donors (Lipinski definition) is 5. The summed E-state index contributed by atoms with van der Waals surface area (Å²) in [5.74, 6) is -4.42. The Morgan fingerprint density at radius 2 is 1.44 bits per heavy atom. The van der Waals surface area contributed by atoms with Gasteiger partial charge in [-0.1, -0.05) is 11.6 Å². The molecule has 25 heavy (non-hydrogen) atoms. The zero-order valence-corrected chi connectivity index (χ0v) is 14.7. The van der Waals surface area contributed by atoms with E-state index in [-0.39, 0.29) is 0 Å². The molecule has 0 radical (unpaired) electrons. The number of carbonyl (C=O) groups excluding carboxylic acids is 4. The Balaban J connectivity index is 3.77. The van der Waals surface area contributed by atoms with Gasteiger partial charge in [-0.25, -0.2) is 0 Å². The van der Waals surface area contributed by atoms with Gasteiger partial charge in [0.05, 0.1) is 0 Å². The highest BCUT2D eigenvalue weighted by Gasteiger charge is 2.75. The van der Waals surface area contributed by atoms with Crippen LogP contribution < -0.4 is 5.32 Å². The van der Waals surface area contributed by atoms with Crippen molar-refractivity contribution in [3.63, 3.8) is 0 Å². The molecule has 0 saturated carbocycles. The lowest BCUT2D eigenvalue weighted by atomic mass is 9.65. The molecule has 1 fully saturated rings. The largest absolute Gasteiger partial charge is 0.382 e. The fourth-order valence-electron chi connectivity index (χ4n) is 2.87. The van der Waals surface area contributed by atoms with Crippen molar-refractivity contribution >= 4 is 34.9 Å². The molecular formula is C14H20ClNO9. The van der Waals surface area contributed by atoms with Crippen LogP contribution in [0.5, 0.6) is 0 Å². The Labute approximate surface area is 147 Å². The summed E-state index contributed by atoms with van der Waals surface area (Å²) < 4.78 is 4.89. The van der Waals surface area contributed by atoms with Gasteiger partial charge >= 0.3 is 0 Å². The molecule has 0 spiro atoms. The van der Waals surface area contributed by atoms with Crippen LogP contribution in [-0.2, 0) is 23.9 Å². The van der Waals surface area contributed by atoms with Crippen LogP contribution in [0.4, 0.5) is 0 Å². The molecular weight excluding hydrogens is 362 g/mol. The molecule has 1 rings (SSSR count). The molecule has 1 amide bonds. The standard InChI is InChI=1S/C14H20ClNO9/c1-5(17)9(21)10-12(22,6(2)18)13(23,7(3)19)11(16-8(4)20)14(15,24)25-10/h9-11,21-24H,1-4H3,(H,16,20)/t9?,10-,11-,12-,13-,14-/m1/s1. The average Bonchev–Trinajstić information content (AvgIpc) is 2.45. The summed E-state index contributed by atoms with van der Waals surface area (Å²) in [6, 6.07) is -2.19. The van der Waals surface area contributed by atoms with E-state index >= 15 is 0 Å². The first-order chi connectivity index (χ1) is 11.1. The number of nitrogens with one attached hydrogen (secondary N) is 1. The fourth-order valence-corrected chi connectivity index (χ4v) is 3.18. The lowest BCUT2D eigenvalue weighted by Crippen LogP contribution is -2.85. The first-order valence-corrected chi connectivity index (χ1v) is 7.53. The number of amides is 1. The molecule has 6 atom stereocenters. The quantitative estimate of drug-likeness (QED) is 0.319. The Hall–Kier alpha value is -1.43. The molecule has 0 bridgehead atoms. The summed E-state index contributed by atoms with van der Waals surface area (Å²) >= 11 is 5.75. The van der Waals surface area contributed by atoms with E-state index in [0.717, 1.165) is 27.7 Å². The van der Waals surface area contributed by atoms with Gasteiger partial charge in [0.2, 0.25) is 5.91 Å². The van der Waals surface area contributed by atoms with Gasteiger partial charge in [0.15, 0.2) is 28.6 Å². The topological polar surface area (TPSA) is 170 Å². The number of carbonyl (C=O) groups is 4. The second-order valence-electron chi connectivity index (χ2n) is 5.98. The number of hydrogen-bond acceptors (Lipinski definition) is 9. The Kier molecular flexibility index (Phi) is 5.80. The van der Waals surface area contributed by atoms with Gasteiger partial charge in [-0.05, 0) is 20.8 Å². The maximum atomic E-state index is 12.2. The van der Waals surface area contributed by atoms with E-state index in [1.54, 1.807) is 0 Å². The molecule has 10 nitrogen and oxygen atoms in total. The Bertz CT molecular complexity index is 621. The highest BCUT2D eigenvalue weighted by Crippen LogP contribution is 2.46. The van der Waals surface area contributed by atoms with Crippen molar-refractivity contribution in [1.29, 1.82) is 0 Å². The summed E-state index contributed by atoms with van der Waals surface area (Å²) in [4.78, 5) is 47.1. The van der Waals surface area contributed by atoms with Crippen LogP contribution in [-0.4, -0.2) is 78.4 Å². The van der Waals surface area contributed by atoms with Crippen LogP contribution in [0.1, 0.15) is 27.7 Å². The van der Waals surface area contributed by atoms with Crippen LogP contribution >= 0.6 is 11.6 Å². The van der Waals surface area contributed by atoms with E-state index in [0.29, 0.717) is 0 Å². The zero-order chi connectivity index (χ0) is 20.0.